The Morgan fingerprint density at radius 1 is 1.14 bits per heavy atom. The molecule has 0 bridgehead atoms. The second-order valence-corrected chi connectivity index (χ2v) is 5.88. The van der Waals surface area contributed by atoms with Crippen molar-refractivity contribution in [1.82, 2.24) is 4.90 Å². The molecule has 0 radical (unpaired) electrons. The van der Waals surface area contributed by atoms with E-state index in [1.54, 1.807) is 4.90 Å². The van der Waals surface area contributed by atoms with E-state index < -0.39 is 0 Å². The lowest BCUT2D eigenvalue weighted by Crippen LogP contribution is -2.37. The maximum absolute atomic E-state index is 12.1. The standard InChI is InChI=1S/C17H26N2O2/c1-11(2)19(15(6)20)8-7-16(21)18-17-13(4)9-12(3)10-14(17)5/h9-11H,7-8H2,1-6H3,(H,18,21). The molecule has 0 atom stereocenters. The Labute approximate surface area is 127 Å². The van der Waals surface area contributed by atoms with Gasteiger partial charge in [-0.25, -0.2) is 0 Å². The molecular weight excluding hydrogens is 264 g/mol. The predicted molar refractivity (Wildman–Crippen MR) is 86.4 cm³/mol. The highest BCUT2D eigenvalue weighted by Gasteiger charge is 2.15. The van der Waals surface area contributed by atoms with E-state index in [2.05, 4.69) is 17.4 Å². The van der Waals surface area contributed by atoms with Crippen LogP contribution in [0.25, 0.3) is 0 Å². The largest absolute Gasteiger partial charge is 0.340 e. The van der Waals surface area contributed by atoms with Crippen molar-refractivity contribution in [3.8, 4) is 0 Å². The minimum Gasteiger partial charge on any atom is -0.340 e. The minimum atomic E-state index is -0.0584. The molecule has 0 unspecified atom stereocenters. The van der Waals surface area contributed by atoms with E-state index in [4.69, 9.17) is 0 Å². The number of nitrogens with one attached hydrogen (secondary N) is 1. The molecule has 1 aromatic rings. The maximum Gasteiger partial charge on any atom is 0.226 e. The number of carbonyl (C=O) groups is 2. The molecule has 2 amide bonds. The Hall–Kier alpha value is -1.84. The van der Waals surface area contributed by atoms with Crippen LogP contribution in [0.15, 0.2) is 12.1 Å². The topological polar surface area (TPSA) is 49.4 Å². The van der Waals surface area contributed by atoms with E-state index in [-0.39, 0.29) is 17.9 Å². The SMILES string of the molecule is CC(=O)N(CCC(=O)Nc1c(C)cc(C)cc1C)C(C)C. The summed E-state index contributed by atoms with van der Waals surface area (Å²) in [5.74, 6) is -0.0579. The van der Waals surface area contributed by atoms with Gasteiger partial charge in [-0.1, -0.05) is 17.7 Å². The average Bonchev–Trinajstić information content (AvgIpc) is 2.33. The molecule has 0 saturated carbocycles. The van der Waals surface area contributed by atoms with E-state index in [1.807, 2.05) is 34.6 Å². The van der Waals surface area contributed by atoms with Gasteiger partial charge in [0.15, 0.2) is 0 Å². The van der Waals surface area contributed by atoms with Gasteiger partial charge in [-0.2, -0.15) is 0 Å². The highest BCUT2D eigenvalue weighted by molar-refractivity contribution is 5.92. The van der Waals surface area contributed by atoms with Crippen LogP contribution >= 0.6 is 0 Å². The first kappa shape index (κ1) is 17.2. The van der Waals surface area contributed by atoms with Gasteiger partial charge in [0, 0.05) is 31.6 Å². The second-order valence-electron chi connectivity index (χ2n) is 5.88. The average molecular weight is 290 g/mol. The molecule has 0 aliphatic carbocycles. The van der Waals surface area contributed by atoms with Crippen molar-refractivity contribution in [2.45, 2.75) is 54.0 Å². The zero-order chi connectivity index (χ0) is 16.2. The number of benzene rings is 1. The molecule has 4 heteroatoms. The van der Waals surface area contributed by atoms with E-state index in [1.165, 1.54) is 12.5 Å². The Kier molecular flexibility index (Phi) is 5.94. The maximum atomic E-state index is 12.1. The lowest BCUT2D eigenvalue weighted by Gasteiger charge is -2.25. The summed E-state index contributed by atoms with van der Waals surface area (Å²) >= 11 is 0. The Morgan fingerprint density at radius 2 is 1.67 bits per heavy atom. The smallest absolute Gasteiger partial charge is 0.226 e. The first-order chi connectivity index (χ1) is 9.72. The molecule has 0 saturated heterocycles. The third-order valence-electron chi connectivity index (χ3n) is 3.55. The highest BCUT2D eigenvalue weighted by Crippen LogP contribution is 2.22. The second kappa shape index (κ2) is 7.25. The van der Waals surface area contributed by atoms with Gasteiger partial charge >= 0.3 is 0 Å². The van der Waals surface area contributed by atoms with Crippen molar-refractivity contribution in [3.05, 3.63) is 28.8 Å². The van der Waals surface area contributed by atoms with Crippen molar-refractivity contribution in [3.63, 3.8) is 0 Å². The van der Waals surface area contributed by atoms with Gasteiger partial charge < -0.3 is 10.2 Å². The van der Waals surface area contributed by atoms with Gasteiger partial charge in [0.1, 0.15) is 0 Å². The molecule has 0 spiro atoms. The molecule has 0 heterocycles. The zero-order valence-corrected chi connectivity index (χ0v) is 13.9. The molecule has 4 nitrogen and oxygen atoms in total. The summed E-state index contributed by atoms with van der Waals surface area (Å²) in [5.41, 5.74) is 4.19. The molecule has 1 rings (SSSR count). The molecule has 0 aliphatic rings. The first-order valence-corrected chi connectivity index (χ1v) is 7.37. The summed E-state index contributed by atoms with van der Waals surface area (Å²) in [6.07, 6.45) is 0.310. The van der Waals surface area contributed by atoms with Crippen LogP contribution in [0.4, 0.5) is 5.69 Å². The lowest BCUT2D eigenvalue weighted by atomic mass is 10.0. The van der Waals surface area contributed by atoms with E-state index in [9.17, 15) is 9.59 Å². The molecule has 0 aromatic heterocycles. The third-order valence-corrected chi connectivity index (χ3v) is 3.55. The third kappa shape index (κ3) is 4.88. The molecule has 0 fully saturated rings. The van der Waals surface area contributed by atoms with Crippen molar-refractivity contribution >= 4 is 17.5 Å². The number of nitrogens with zero attached hydrogens (tertiary/aromatic N) is 1. The van der Waals surface area contributed by atoms with Crippen LogP contribution in [0.2, 0.25) is 0 Å². The molecular formula is C17H26N2O2. The van der Waals surface area contributed by atoms with Crippen molar-refractivity contribution < 1.29 is 9.59 Å². The van der Waals surface area contributed by atoms with Gasteiger partial charge in [0.2, 0.25) is 11.8 Å². The van der Waals surface area contributed by atoms with Crippen LogP contribution in [0.3, 0.4) is 0 Å². The van der Waals surface area contributed by atoms with Crippen LogP contribution in [-0.4, -0.2) is 29.3 Å². The Morgan fingerprint density at radius 3 is 2.10 bits per heavy atom. The van der Waals surface area contributed by atoms with Crippen LogP contribution in [0.5, 0.6) is 0 Å². The fraction of sp³-hybridized carbons (Fsp3) is 0.529. The number of hydrogen-bond donors (Lipinski definition) is 1. The number of hydrogen-bond acceptors (Lipinski definition) is 2. The summed E-state index contributed by atoms with van der Waals surface area (Å²) in [7, 11) is 0. The minimum absolute atomic E-state index is 0.000460. The van der Waals surface area contributed by atoms with Gasteiger partial charge in [0.25, 0.3) is 0 Å². The van der Waals surface area contributed by atoms with Crippen LogP contribution < -0.4 is 5.32 Å². The van der Waals surface area contributed by atoms with Crippen LogP contribution in [0.1, 0.15) is 43.9 Å². The number of anilines is 1. The van der Waals surface area contributed by atoms with E-state index >= 15 is 0 Å². The summed E-state index contributed by atoms with van der Waals surface area (Å²) in [5, 5.41) is 2.96. The molecule has 1 aromatic carbocycles. The van der Waals surface area contributed by atoms with Gasteiger partial charge in [0.05, 0.1) is 0 Å². The summed E-state index contributed by atoms with van der Waals surface area (Å²) in [6.45, 7) is 11.9. The Bertz CT molecular complexity index is 513. The monoisotopic (exact) mass is 290 g/mol. The van der Waals surface area contributed by atoms with Crippen LogP contribution in [0, 0.1) is 20.8 Å². The fourth-order valence-corrected chi connectivity index (χ4v) is 2.58. The lowest BCUT2D eigenvalue weighted by molar-refractivity contribution is -0.130. The fourth-order valence-electron chi connectivity index (χ4n) is 2.58. The summed E-state index contributed by atoms with van der Waals surface area (Å²) in [4.78, 5) is 25.3. The van der Waals surface area contributed by atoms with E-state index in [0.717, 1.165) is 16.8 Å². The van der Waals surface area contributed by atoms with Gasteiger partial charge in [-0.05, 0) is 45.7 Å². The van der Waals surface area contributed by atoms with Crippen molar-refractivity contribution in [2.75, 3.05) is 11.9 Å². The highest BCUT2D eigenvalue weighted by atomic mass is 16.2. The normalized spacial score (nSPS) is 10.6. The summed E-state index contributed by atoms with van der Waals surface area (Å²) < 4.78 is 0. The number of carbonyl (C=O) groups excluding carboxylic acids is 2. The number of aryl methyl sites for hydroxylation is 3. The van der Waals surface area contributed by atoms with Gasteiger partial charge in [-0.15, -0.1) is 0 Å². The number of rotatable bonds is 5. The molecule has 1 N–H and O–H groups in total. The predicted octanol–water partition coefficient (Wildman–Crippen LogP) is 3.20. The molecule has 116 valence electrons. The summed E-state index contributed by atoms with van der Waals surface area (Å²) in [6, 6.07) is 4.22. The Balaban J connectivity index is 2.69. The van der Waals surface area contributed by atoms with Crippen molar-refractivity contribution in [2.24, 2.45) is 0 Å². The number of amides is 2. The van der Waals surface area contributed by atoms with Crippen LogP contribution in [-0.2, 0) is 9.59 Å². The first-order valence-electron chi connectivity index (χ1n) is 7.37. The zero-order valence-electron chi connectivity index (χ0n) is 13.9. The molecule has 0 aliphatic heterocycles. The van der Waals surface area contributed by atoms with Gasteiger partial charge in [-0.3, -0.25) is 9.59 Å². The quantitative estimate of drug-likeness (QED) is 0.905. The van der Waals surface area contributed by atoms with E-state index in [0.29, 0.717) is 13.0 Å². The van der Waals surface area contributed by atoms with Crippen molar-refractivity contribution in [1.29, 1.82) is 0 Å². The molecule has 21 heavy (non-hydrogen) atoms.